The summed E-state index contributed by atoms with van der Waals surface area (Å²) in [6, 6.07) is 9.69. The van der Waals surface area contributed by atoms with Gasteiger partial charge < -0.3 is 10.2 Å². The molecule has 0 aliphatic carbocycles. The van der Waals surface area contributed by atoms with Crippen LogP contribution in [0.2, 0.25) is 0 Å². The normalized spacial score (nSPS) is 14.1. The number of carbonyl (C=O) groups is 1. The van der Waals surface area contributed by atoms with Crippen LogP contribution in [0.15, 0.2) is 48.8 Å². The largest absolute Gasteiger partial charge is 0.355 e. The van der Waals surface area contributed by atoms with Crippen LogP contribution in [-0.2, 0) is 0 Å². The predicted molar refractivity (Wildman–Crippen MR) is 107 cm³/mol. The van der Waals surface area contributed by atoms with E-state index < -0.39 is 0 Å². The number of carbonyl (C=O) groups excluding carboxylic acids is 1. The molecule has 0 unspecified atom stereocenters. The lowest BCUT2D eigenvalue weighted by atomic mass is 10.1. The summed E-state index contributed by atoms with van der Waals surface area (Å²) in [5, 5.41) is 7.28. The number of aromatic nitrogens is 3. The third-order valence-electron chi connectivity index (χ3n) is 5.02. The Morgan fingerprint density at radius 3 is 2.61 bits per heavy atom. The number of anilines is 2. The monoisotopic (exact) mass is 379 g/mol. The van der Waals surface area contributed by atoms with E-state index in [9.17, 15) is 9.18 Å². The quantitative estimate of drug-likeness (QED) is 0.745. The Balaban J connectivity index is 1.57. The van der Waals surface area contributed by atoms with E-state index in [2.05, 4.69) is 20.3 Å². The first kappa shape index (κ1) is 18.2. The van der Waals surface area contributed by atoms with Crippen molar-refractivity contribution in [3.63, 3.8) is 0 Å². The number of hydrogen-bond acceptors (Lipinski definition) is 4. The molecule has 1 amide bonds. The minimum Gasteiger partial charge on any atom is -0.355 e. The molecule has 0 radical (unpaired) electrons. The maximum Gasteiger partial charge on any atom is 0.259 e. The van der Waals surface area contributed by atoms with Gasteiger partial charge in [-0.1, -0.05) is 0 Å². The molecular weight excluding hydrogens is 357 g/mol. The molecule has 28 heavy (non-hydrogen) atoms. The van der Waals surface area contributed by atoms with Crippen LogP contribution in [0.1, 0.15) is 35.3 Å². The lowest BCUT2D eigenvalue weighted by Crippen LogP contribution is -2.31. The molecule has 1 aromatic carbocycles. The van der Waals surface area contributed by atoms with Gasteiger partial charge >= 0.3 is 0 Å². The van der Waals surface area contributed by atoms with Gasteiger partial charge in [0, 0.05) is 19.3 Å². The highest BCUT2D eigenvalue weighted by atomic mass is 19.1. The van der Waals surface area contributed by atoms with E-state index in [1.165, 1.54) is 24.8 Å². The van der Waals surface area contributed by atoms with Gasteiger partial charge in [-0.2, -0.15) is 5.10 Å². The SMILES string of the molecule is Cc1c(C(=O)Nc2cccnc2N2CCCCC2)cnn1-c1ccc(F)cc1. The minimum atomic E-state index is -0.312. The van der Waals surface area contributed by atoms with Crippen LogP contribution in [-0.4, -0.2) is 33.8 Å². The Hall–Kier alpha value is -3.22. The van der Waals surface area contributed by atoms with Crippen molar-refractivity contribution in [3.05, 3.63) is 65.9 Å². The van der Waals surface area contributed by atoms with E-state index in [0.29, 0.717) is 22.6 Å². The standard InChI is InChI=1S/C21H22FN5O/c1-15-18(14-24-27(15)17-9-7-16(22)8-10-17)21(28)25-19-6-5-11-23-20(19)26-12-3-2-4-13-26/h5-11,14H,2-4,12-13H2,1H3,(H,25,28). The zero-order valence-electron chi connectivity index (χ0n) is 15.7. The van der Waals surface area contributed by atoms with Gasteiger partial charge in [-0.05, 0) is 62.6 Å². The fraction of sp³-hybridized carbons (Fsp3) is 0.286. The molecule has 1 saturated heterocycles. The Labute approximate surface area is 163 Å². The predicted octanol–water partition coefficient (Wildman–Crippen LogP) is 3.96. The first-order valence-corrected chi connectivity index (χ1v) is 9.45. The number of benzene rings is 1. The molecular formula is C21H22FN5O. The topological polar surface area (TPSA) is 63.1 Å². The van der Waals surface area contributed by atoms with E-state index in [4.69, 9.17) is 0 Å². The third-order valence-corrected chi connectivity index (χ3v) is 5.02. The lowest BCUT2D eigenvalue weighted by molar-refractivity contribution is 0.102. The number of amides is 1. The van der Waals surface area contributed by atoms with E-state index in [0.717, 1.165) is 31.7 Å². The van der Waals surface area contributed by atoms with Crippen LogP contribution in [0.25, 0.3) is 5.69 Å². The highest BCUT2D eigenvalue weighted by molar-refractivity contribution is 6.06. The van der Waals surface area contributed by atoms with E-state index in [-0.39, 0.29) is 11.7 Å². The molecule has 2 aromatic heterocycles. The van der Waals surface area contributed by atoms with Crippen LogP contribution >= 0.6 is 0 Å². The first-order valence-electron chi connectivity index (χ1n) is 9.45. The molecule has 1 aliphatic rings. The summed E-state index contributed by atoms with van der Waals surface area (Å²) >= 11 is 0. The Morgan fingerprint density at radius 2 is 1.86 bits per heavy atom. The summed E-state index contributed by atoms with van der Waals surface area (Å²) in [4.78, 5) is 19.6. The maximum atomic E-state index is 13.2. The van der Waals surface area contributed by atoms with Gasteiger partial charge in [-0.25, -0.2) is 14.1 Å². The van der Waals surface area contributed by atoms with Crippen molar-refractivity contribution >= 4 is 17.4 Å². The molecule has 0 saturated carbocycles. The maximum absolute atomic E-state index is 13.2. The average Bonchev–Trinajstić information content (AvgIpc) is 3.11. The van der Waals surface area contributed by atoms with Gasteiger partial charge in [0.05, 0.1) is 28.8 Å². The van der Waals surface area contributed by atoms with Crippen LogP contribution in [0, 0.1) is 12.7 Å². The summed E-state index contributed by atoms with van der Waals surface area (Å²) in [6.07, 6.45) is 6.77. The molecule has 0 bridgehead atoms. The molecule has 1 aliphatic heterocycles. The Morgan fingerprint density at radius 1 is 1.11 bits per heavy atom. The van der Waals surface area contributed by atoms with Crippen LogP contribution in [0.5, 0.6) is 0 Å². The van der Waals surface area contributed by atoms with Crippen LogP contribution in [0.3, 0.4) is 0 Å². The third kappa shape index (κ3) is 3.60. The summed E-state index contributed by atoms with van der Waals surface area (Å²) in [5.74, 6) is 0.254. The highest BCUT2D eigenvalue weighted by Crippen LogP contribution is 2.26. The molecule has 1 N–H and O–H groups in total. The van der Waals surface area contributed by atoms with Gasteiger partial charge in [0.15, 0.2) is 5.82 Å². The van der Waals surface area contributed by atoms with E-state index in [1.54, 1.807) is 23.0 Å². The number of rotatable bonds is 4. The summed E-state index contributed by atoms with van der Waals surface area (Å²) in [5.41, 5.74) is 2.56. The number of nitrogens with one attached hydrogen (secondary N) is 1. The Bertz CT molecular complexity index is 977. The van der Waals surface area contributed by atoms with Gasteiger partial charge in [-0.3, -0.25) is 4.79 Å². The number of hydrogen-bond donors (Lipinski definition) is 1. The number of halogens is 1. The van der Waals surface area contributed by atoms with Crippen LogP contribution in [0.4, 0.5) is 15.9 Å². The average molecular weight is 379 g/mol. The van der Waals surface area contributed by atoms with Gasteiger partial charge in [0.1, 0.15) is 5.82 Å². The summed E-state index contributed by atoms with van der Waals surface area (Å²) in [6.45, 7) is 3.71. The number of piperidine rings is 1. The van der Waals surface area contributed by atoms with Crippen molar-refractivity contribution < 1.29 is 9.18 Å². The highest BCUT2D eigenvalue weighted by Gasteiger charge is 2.20. The molecule has 3 aromatic rings. The zero-order valence-corrected chi connectivity index (χ0v) is 15.7. The van der Waals surface area contributed by atoms with Gasteiger partial charge in [-0.15, -0.1) is 0 Å². The zero-order chi connectivity index (χ0) is 19.5. The van der Waals surface area contributed by atoms with Gasteiger partial charge in [0.25, 0.3) is 5.91 Å². The van der Waals surface area contributed by atoms with Crippen molar-refractivity contribution in [2.45, 2.75) is 26.2 Å². The van der Waals surface area contributed by atoms with E-state index >= 15 is 0 Å². The number of nitrogens with zero attached hydrogens (tertiary/aromatic N) is 4. The van der Waals surface area contributed by atoms with Gasteiger partial charge in [0.2, 0.25) is 0 Å². The summed E-state index contributed by atoms with van der Waals surface area (Å²) in [7, 11) is 0. The summed E-state index contributed by atoms with van der Waals surface area (Å²) < 4.78 is 14.8. The molecule has 6 nitrogen and oxygen atoms in total. The Kier molecular flexibility index (Phi) is 5.06. The second kappa shape index (κ2) is 7.80. The van der Waals surface area contributed by atoms with Crippen molar-refractivity contribution in [3.8, 4) is 5.69 Å². The molecule has 0 spiro atoms. The fourth-order valence-corrected chi connectivity index (χ4v) is 3.52. The lowest BCUT2D eigenvalue weighted by Gasteiger charge is -2.29. The molecule has 0 atom stereocenters. The molecule has 4 rings (SSSR count). The fourth-order valence-electron chi connectivity index (χ4n) is 3.52. The molecule has 1 fully saturated rings. The second-order valence-electron chi connectivity index (χ2n) is 6.91. The number of pyridine rings is 1. The second-order valence-corrected chi connectivity index (χ2v) is 6.91. The first-order chi connectivity index (χ1) is 13.6. The van der Waals surface area contributed by atoms with Crippen LogP contribution < -0.4 is 10.2 Å². The minimum absolute atomic E-state index is 0.239. The molecule has 3 heterocycles. The smallest absolute Gasteiger partial charge is 0.259 e. The van der Waals surface area contributed by atoms with Crippen molar-refractivity contribution in [1.29, 1.82) is 0 Å². The van der Waals surface area contributed by atoms with Crippen molar-refractivity contribution in [2.24, 2.45) is 0 Å². The molecule has 144 valence electrons. The van der Waals surface area contributed by atoms with Crippen molar-refractivity contribution in [1.82, 2.24) is 14.8 Å². The van der Waals surface area contributed by atoms with E-state index in [1.807, 2.05) is 19.1 Å². The van der Waals surface area contributed by atoms with Crippen molar-refractivity contribution in [2.75, 3.05) is 23.3 Å². The molecule has 7 heteroatoms.